The summed E-state index contributed by atoms with van der Waals surface area (Å²) in [4.78, 5) is 2.58. The van der Waals surface area contributed by atoms with E-state index in [0.29, 0.717) is 11.8 Å². The Bertz CT molecular complexity index is 421. The van der Waals surface area contributed by atoms with E-state index < -0.39 is 0 Å². The topological polar surface area (TPSA) is 35.5 Å². The number of piperidine rings is 2. The van der Waals surface area contributed by atoms with Gasteiger partial charge in [0.25, 0.3) is 0 Å². The molecule has 2 atom stereocenters. The standard InChI is InChI=1S/C16H24N2O/c1-18-14-6-4-7-15(18)10-13(9-14)17-11-12-5-2-3-8-16(12)19/h2-3,5,8,13-15,17,19H,4,6-7,9-11H2,1H3. The summed E-state index contributed by atoms with van der Waals surface area (Å²) in [6, 6.07) is 9.74. The maximum atomic E-state index is 9.80. The van der Waals surface area contributed by atoms with Gasteiger partial charge in [0.2, 0.25) is 0 Å². The van der Waals surface area contributed by atoms with Crippen molar-refractivity contribution in [1.82, 2.24) is 10.2 Å². The van der Waals surface area contributed by atoms with Crippen molar-refractivity contribution in [2.75, 3.05) is 7.05 Å². The Labute approximate surface area is 115 Å². The van der Waals surface area contributed by atoms with Crippen LogP contribution < -0.4 is 5.32 Å². The molecule has 2 unspecified atom stereocenters. The fourth-order valence-electron chi connectivity index (χ4n) is 3.70. The molecule has 3 heteroatoms. The van der Waals surface area contributed by atoms with Gasteiger partial charge in [0, 0.05) is 30.2 Å². The molecular formula is C16H24N2O. The number of phenolic OH excluding ortho intramolecular Hbond substituents is 1. The van der Waals surface area contributed by atoms with Crippen LogP contribution in [0.2, 0.25) is 0 Å². The molecule has 0 aliphatic carbocycles. The number of aromatic hydroxyl groups is 1. The molecule has 0 saturated carbocycles. The predicted octanol–water partition coefficient (Wildman–Crippen LogP) is 2.50. The van der Waals surface area contributed by atoms with Gasteiger partial charge in [-0.1, -0.05) is 24.6 Å². The lowest BCUT2D eigenvalue weighted by Gasteiger charge is -2.47. The van der Waals surface area contributed by atoms with Gasteiger partial charge < -0.3 is 15.3 Å². The van der Waals surface area contributed by atoms with Gasteiger partial charge in [-0.25, -0.2) is 0 Å². The molecule has 1 aromatic rings. The smallest absolute Gasteiger partial charge is 0.120 e. The molecule has 2 bridgehead atoms. The SMILES string of the molecule is CN1C2CCCC1CC(NCc1ccccc1O)C2. The van der Waals surface area contributed by atoms with Crippen LogP contribution in [0.1, 0.15) is 37.7 Å². The Morgan fingerprint density at radius 3 is 2.58 bits per heavy atom. The number of para-hydroxylation sites is 1. The first kappa shape index (κ1) is 12.9. The normalized spacial score (nSPS) is 31.3. The zero-order valence-corrected chi connectivity index (χ0v) is 11.7. The summed E-state index contributed by atoms with van der Waals surface area (Å²) in [7, 11) is 2.29. The van der Waals surface area contributed by atoms with E-state index in [1.165, 1.54) is 32.1 Å². The number of phenols is 1. The monoisotopic (exact) mass is 260 g/mol. The Balaban J connectivity index is 1.58. The van der Waals surface area contributed by atoms with Crippen molar-refractivity contribution in [2.24, 2.45) is 0 Å². The lowest BCUT2D eigenvalue weighted by Crippen LogP contribution is -2.54. The number of rotatable bonds is 3. The number of benzene rings is 1. The van der Waals surface area contributed by atoms with E-state index in [4.69, 9.17) is 0 Å². The fourth-order valence-corrected chi connectivity index (χ4v) is 3.70. The van der Waals surface area contributed by atoms with Crippen LogP contribution in [0.25, 0.3) is 0 Å². The molecule has 2 saturated heterocycles. The summed E-state index contributed by atoms with van der Waals surface area (Å²) in [5.74, 6) is 0.406. The summed E-state index contributed by atoms with van der Waals surface area (Å²) < 4.78 is 0. The summed E-state index contributed by atoms with van der Waals surface area (Å²) in [6.07, 6.45) is 6.59. The summed E-state index contributed by atoms with van der Waals surface area (Å²) in [5, 5.41) is 13.4. The first-order chi connectivity index (χ1) is 9.24. The molecule has 3 nitrogen and oxygen atoms in total. The third kappa shape index (κ3) is 2.77. The van der Waals surface area contributed by atoms with Gasteiger partial charge in [-0.2, -0.15) is 0 Å². The molecule has 0 aromatic heterocycles. The fraction of sp³-hybridized carbons (Fsp3) is 0.625. The number of hydrogen-bond donors (Lipinski definition) is 2. The van der Waals surface area contributed by atoms with E-state index in [1.54, 1.807) is 6.07 Å². The molecule has 19 heavy (non-hydrogen) atoms. The van der Waals surface area contributed by atoms with Crippen LogP contribution in [0, 0.1) is 0 Å². The first-order valence-corrected chi connectivity index (χ1v) is 7.46. The molecule has 3 rings (SSSR count). The Kier molecular flexibility index (Phi) is 3.76. The molecular weight excluding hydrogens is 236 g/mol. The van der Waals surface area contributed by atoms with Crippen molar-refractivity contribution in [1.29, 1.82) is 0 Å². The van der Waals surface area contributed by atoms with Gasteiger partial charge in [0.15, 0.2) is 0 Å². The van der Waals surface area contributed by atoms with Crippen molar-refractivity contribution in [3.63, 3.8) is 0 Å². The summed E-state index contributed by atoms with van der Waals surface area (Å²) >= 11 is 0. The number of nitrogens with one attached hydrogen (secondary N) is 1. The second-order valence-electron chi connectivity index (χ2n) is 6.08. The van der Waals surface area contributed by atoms with Gasteiger partial charge in [-0.15, -0.1) is 0 Å². The minimum absolute atomic E-state index is 0.406. The molecule has 2 aliphatic heterocycles. The summed E-state index contributed by atoms with van der Waals surface area (Å²) in [6.45, 7) is 0.778. The quantitative estimate of drug-likeness (QED) is 0.876. The highest BCUT2D eigenvalue weighted by Gasteiger charge is 2.35. The second-order valence-corrected chi connectivity index (χ2v) is 6.08. The molecule has 2 heterocycles. The zero-order chi connectivity index (χ0) is 13.2. The maximum Gasteiger partial charge on any atom is 0.120 e. The highest BCUT2D eigenvalue weighted by Crippen LogP contribution is 2.32. The molecule has 2 fully saturated rings. The molecule has 0 amide bonds. The molecule has 0 spiro atoms. The average Bonchev–Trinajstić information content (AvgIpc) is 2.38. The van der Waals surface area contributed by atoms with Crippen molar-refractivity contribution >= 4 is 0 Å². The van der Waals surface area contributed by atoms with Crippen LogP contribution in [0.15, 0.2) is 24.3 Å². The Hall–Kier alpha value is -1.06. The van der Waals surface area contributed by atoms with Gasteiger partial charge >= 0.3 is 0 Å². The molecule has 104 valence electrons. The summed E-state index contributed by atoms with van der Waals surface area (Å²) in [5.41, 5.74) is 1.01. The van der Waals surface area contributed by atoms with E-state index in [9.17, 15) is 5.11 Å². The predicted molar refractivity (Wildman–Crippen MR) is 77.2 cm³/mol. The molecule has 2 aliphatic rings. The minimum atomic E-state index is 0.406. The average molecular weight is 260 g/mol. The number of nitrogens with zero attached hydrogens (tertiary/aromatic N) is 1. The molecule has 0 radical (unpaired) electrons. The third-order valence-electron chi connectivity index (χ3n) is 4.91. The van der Waals surface area contributed by atoms with Crippen LogP contribution >= 0.6 is 0 Å². The first-order valence-electron chi connectivity index (χ1n) is 7.46. The van der Waals surface area contributed by atoms with Crippen LogP contribution in [-0.2, 0) is 6.54 Å². The van der Waals surface area contributed by atoms with Crippen molar-refractivity contribution in [3.05, 3.63) is 29.8 Å². The minimum Gasteiger partial charge on any atom is -0.508 e. The molecule has 1 aromatic carbocycles. The number of hydrogen-bond acceptors (Lipinski definition) is 3. The largest absolute Gasteiger partial charge is 0.508 e. The van der Waals surface area contributed by atoms with Crippen LogP contribution in [0.5, 0.6) is 5.75 Å². The lowest BCUT2D eigenvalue weighted by molar-refractivity contribution is 0.0482. The van der Waals surface area contributed by atoms with E-state index in [2.05, 4.69) is 17.3 Å². The van der Waals surface area contributed by atoms with Crippen molar-refractivity contribution < 1.29 is 5.11 Å². The van der Waals surface area contributed by atoms with Gasteiger partial charge in [-0.05, 0) is 38.8 Å². The van der Waals surface area contributed by atoms with Crippen LogP contribution in [-0.4, -0.2) is 35.2 Å². The Morgan fingerprint density at radius 2 is 1.89 bits per heavy atom. The highest BCUT2D eigenvalue weighted by molar-refractivity contribution is 5.31. The lowest BCUT2D eigenvalue weighted by atomic mass is 9.82. The van der Waals surface area contributed by atoms with E-state index >= 15 is 0 Å². The van der Waals surface area contributed by atoms with Crippen LogP contribution in [0.3, 0.4) is 0 Å². The zero-order valence-electron chi connectivity index (χ0n) is 11.7. The van der Waals surface area contributed by atoms with E-state index in [1.807, 2.05) is 18.2 Å². The second kappa shape index (κ2) is 5.51. The Morgan fingerprint density at radius 1 is 1.21 bits per heavy atom. The van der Waals surface area contributed by atoms with Gasteiger partial charge in [0.1, 0.15) is 5.75 Å². The highest BCUT2D eigenvalue weighted by atomic mass is 16.3. The third-order valence-corrected chi connectivity index (χ3v) is 4.91. The maximum absolute atomic E-state index is 9.80. The van der Waals surface area contributed by atoms with Gasteiger partial charge in [-0.3, -0.25) is 0 Å². The van der Waals surface area contributed by atoms with Crippen molar-refractivity contribution in [2.45, 2.75) is 56.8 Å². The van der Waals surface area contributed by atoms with E-state index in [0.717, 1.165) is 24.2 Å². The molecule has 2 N–H and O–H groups in total. The number of fused-ring (bicyclic) bond motifs is 2. The van der Waals surface area contributed by atoms with Crippen molar-refractivity contribution in [3.8, 4) is 5.75 Å². The van der Waals surface area contributed by atoms with Crippen LogP contribution in [0.4, 0.5) is 0 Å². The van der Waals surface area contributed by atoms with Gasteiger partial charge in [0.05, 0.1) is 0 Å². The van der Waals surface area contributed by atoms with E-state index in [-0.39, 0.29) is 0 Å².